The number of carbonyl (C=O) groups excluding carboxylic acids is 1. The number of sulfonamides is 1. The average molecular weight is 472 g/mol. The van der Waals surface area contributed by atoms with Crippen LogP contribution in [0, 0.1) is 6.92 Å². The van der Waals surface area contributed by atoms with Crippen molar-refractivity contribution in [2.75, 3.05) is 38.2 Å². The zero-order valence-electron chi connectivity index (χ0n) is 19.4. The van der Waals surface area contributed by atoms with Crippen molar-refractivity contribution >= 4 is 21.6 Å². The van der Waals surface area contributed by atoms with E-state index in [1.54, 1.807) is 25.3 Å². The molecule has 0 aromatic heterocycles. The third-order valence-electron chi connectivity index (χ3n) is 6.67. The van der Waals surface area contributed by atoms with Crippen molar-refractivity contribution in [3.05, 3.63) is 53.6 Å². The number of nitrogens with one attached hydrogen (secondary N) is 1. The number of aryl methyl sites for hydroxylation is 1. The van der Waals surface area contributed by atoms with Crippen molar-refractivity contribution in [1.82, 2.24) is 9.62 Å². The summed E-state index contributed by atoms with van der Waals surface area (Å²) in [5, 5.41) is 3.13. The van der Waals surface area contributed by atoms with Gasteiger partial charge in [0.05, 0.1) is 12.0 Å². The number of hydrogen-bond acceptors (Lipinski definition) is 5. The van der Waals surface area contributed by atoms with Gasteiger partial charge in [0.25, 0.3) is 5.91 Å². The number of rotatable bonds is 6. The van der Waals surface area contributed by atoms with E-state index in [4.69, 9.17) is 4.74 Å². The molecule has 2 aromatic carbocycles. The first-order valence-electron chi connectivity index (χ1n) is 11.7. The highest BCUT2D eigenvalue weighted by atomic mass is 32.2. The summed E-state index contributed by atoms with van der Waals surface area (Å²) < 4.78 is 32.9. The zero-order valence-corrected chi connectivity index (χ0v) is 20.2. The SMILES string of the molecule is COc1ccc(N2CCC(NC(=O)c3cc(S(=O)(=O)N4CCCCC4)ccc3C)CC2)cc1. The molecule has 7 nitrogen and oxygen atoms in total. The zero-order chi connectivity index (χ0) is 23.4. The standard InChI is InChI=1S/C25H33N3O4S/c1-19-6-11-23(33(30,31)28-14-4-3-5-15-28)18-24(19)25(29)26-20-12-16-27(17-13-20)21-7-9-22(32-2)10-8-21/h6-11,18,20H,3-5,12-17H2,1-2H3,(H,26,29). The Labute approximate surface area is 196 Å². The molecule has 1 amide bonds. The molecule has 1 N–H and O–H groups in total. The van der Waals surface area contributed by atoms with Gasteiger partial charge in [-0.25, -0.2) is 8.42 Å². The van der Waals surface area contributed by atoms with Crippen LogP contribution >= 0.6 is 0 Å². The first-order chi connectivity index (χ1) is 15.9. The van der Waals surface area contributed by atoms with Gasteiger partial charge in [0.1, 0.15) is 5.75 Å². The maximum atomic E-state index is 13.1. The lowest BCUT2D eigenvalue weighted by atomic mass is 10.0. The van der Waals surface area contributed by atoms with E-state index in [1.165, 1.54) is 4.31 Å². The number of ether oxygens (including phenoxy) is 1. The molecule has 2 saturated heterocycles. The lowest BCUT2D eigenvalue weighted by molar-refractivity contribution is 0.0930. The molecule has 2 heterocycles. The second-order valence-electron chi connectivity index (χ2n) is 8.87. The minimum absolute atomic E-state index is 0.0637. The molecule has 0 radical (unpaired) electrons. The molecular weight excluding hydrogens is 438 g/mol. The van der Waals surface area contributed by atoms with Crippen molar-refractivity contribution in [1.29, 1.82) is 0 Å². The summed E-state index contributed by atoms with van der Waals surface area (Å²) in [5.74, 6) is 0.631. The van der Waals surface area contributed by atoms with Crippen LogP contribution in [0.5, 0.6) is 5.75 Å². The Kier molecular flexibility index (Phi) is 7.24. The quantitative estimate of drug-likeness (QED) is 0.697. The van der Waals surface area contributed by atoms with Gasteiger partial charge in [0, 0.05) is 43.5 Å². The number of piperidine rings is 2. The molecule has 0 bridgehead atoms. The maximum Gasteiger partial charge on any atom is 0.251 e. The molecule has 0 spiro atoms. The van der Waals surface area contributed by atoms with Crippen molar-refractivity contribution in [2.45, 2.75) is 50.0 Å². The normalized spacial score (nSPS) is 18.2. The molecule has 33 heavy (non-hydrogen) atoms. The number of methoxy groups -OCH3 is 1. The summed E-state index contributed by atoms with van der Waals surface area (Å²) in [4.78, 5) is 15.6. The molecular formula is C25H33N3O4S. The van der Waals surface area contributed by atoms with Gasteiger partial charge in [-0.2, -0.15) is 4.31 Å². The summed E-state index contributed by atoms with van der Waals surface area (Å²) >= 11 is 0. The van der Waals surface area contributed by atoms with Crippen LogP contribution in [-0.4, -0.2) is 58.0 Å². The van der Waals surface area contributed by atoms with E-state index in [2.05, 4.69) is 22.3 Å². The molecule has 0 atom stereocenters. The molecule has 2 aliphatic heterocycles. The second-order valence-corrected chi connectivity index (χ2v) is 10.8. The molecule has 2 aromatic rings. The first kappa shape index (κ1) is 23.6. The summed E-state index contributed by atoms with van der Waals surface area (Å²) in [6.45, 7) is 4.63. The van der Waals surface area contributed by atoms with E-state index in [0.29, 0.717) is 18.7 Å². The van der Waals surface area contributed by atoms with Crippen molar-refractivity contribution in [2.24, 2.45) is 0 Å². The number of hydrogen-bond donors (Lipinski definition) is 1. The number of amides is 1. The fourth-order valence-corrected chi connectivity index (χ4v) is 6.14. The van der Waals surface area contributed by atoms with Crippen LogP contribution in [0.2, 0.25) is 0 Å². The summed E-state index contributed by atoms with van der Waals surface area (Å²) in [7, 11) is -1.92. The van der Waals surface area contributed by atoms with E-state index in [1.807, 2.05) is 19.1 Å². The molecule has 178 valence electrons. The van der Waals surface area contributed by atoms with Gasteiger partial charge in [-0.05, 0) is 74.6 Å². The third-order valence-corrected chi connectivity index (χ3v) is 8.57. The fourth-order valence-electron chi connectivity index (χ4n) is 4.60. The van der Waals surface area contributed by atoms with Crippen molar-refractivity contribution in [3.8, 4) is 5.75 Å². The fraction of sp³-hybridized carbons (Fsp3) is 0.480. The smallest absolute Gasteiger partial charge is 0.251 e. The van der Waals surface area contributed by atoms with E-state index in [-0.39, 0.29) is 16.8 Å². The van der Waals surface area contributed by atoms with Crippen LogP contribution in [0.3, 0.4) is 0 Å². The van der Waals surface area contributed by atoms with E-state index < -0.39 is 10.0 Å². The van der Waals surface area contributed by atoms with E-state index in [0.717, 1.165) is 62.2 Å². The van der Waals surface area contributed by atoms with Gasteiger partial charge in [-0.15, -0.1) is 0 Å². The van der Waals surface area contributed by atoms with E-state index >= 15 is 0 Å². The highest BCUT2D eigenvalue weighted by molar-refractivity contribution is 7.89. The molecule has 8 heteroatoms. The summed E-state index contributed by atoms with van der Waals surface area (Å²) in [6.07, 6.45) is 4.50. The number of nitrogens with zero attached hydrogens (tertiary/aromatic N) is 2. The highest BCUT2D eigenvalue weighted by Gasteiger charge is 2.28. The van der Waals surface area contributed by atoms with Gasteiger partial charge in [-0.1, -0.05) is 12.5 Å². The Bertz CT molecular complexity index is 1070. The minimum Gasteiger partial charge on any atom is -0.497 e. The summed E-state index contributed by atoms with van der Waals surface area (Å²) in [5.41, 5.74) is 2.36. The minimum atomic E-state index is -3.57. The number of anilines is 1. The molecule has 4 rings (SSSR count). The van der Waals surface area contributed by atoms with Crippen LogP contribution in [0.25, 0.3) is 0 Å². The van der Waals surface area contributed by atoms with Gasteiger partial charge >= 0.3 is 0 Å². The molecule has 2 fully saturated rings. The van der Waals surface area contributed by atoms with Crippen molar-refractivity contribution < 1.29 is 17.9 Å². The monoisotopic (exact) mass is 471 g/mol. The lowest BCUT2D eigenvalue weighted by Gasteiger charge is -2.34. The van der Waals surface area contributed by atoms with Gasteiger partial charge in [-0.3, -0.25) is 4.79 Å². The average Bonchev–Trinajstić information content (AvgIpc) is 2.85. The van der Waals surface area contributed by atoms with E-state index in [9.17, 15) is 13.2 Å². The van der Waals surface area contributed by atoms with Crippen LogP contribution in [-0.2, 0) is 10.0 Å². The van der Waals surface area contributed by atoms with Gasteiger partial charge in [0.15, 0.2) is 0 Å². The van der Waals surface area contributed by atoms with Crippen molar-refractivity contribution in [3.63, 3.8) is 0 Å². The Balaban J connectivity index is 1.40. The topological polar surface area (TPSA) is 79.0 Å². The molecule has 0 saturated carbocycles. The first-order valence-corrected chi connectivity index (χ1v) is 13.1. The Morgan fingerprint density at radius 2 is 1.64 bits per heavy atom. The Morgan fingerprint density at radius 1 is 0.970 bits per heavy atom. The van der Waals surface area contributed by atoms with Crippen LogP contribution < -0.4 is 15.0 Å². The Morgan fingerprint density at radius 3 is 2.27 bits per heavy atom. The molecule has 0 unspecified atom stereocenters. The maximum absolute atomic E-state index is 13.1. The predicted molar refractivity (Wildman–Crippen MR) is 129 cm³/mol. The predicted octanol–water partition coefficient (Wildman–Crippen LogP) is 3.58. The highest BCUT2D eigenvalue weighted by Crippen LogP contribution is 2.25. The van der Waals surface area contributed by atoms with Crippen LogP contribution in [0.4, 0.5) is 5.69 Å². The largest absolute Gasteiger partial charge is 0.497 e. The Hall–Kier alpha value is -2.58. The lowest BCUT2D eigenvalue weighted by Crippen LogP contribution is -2.45. The van der Waals surface area contributed by atoms with Crippen LogP contribution in [0.1, 0.15) is 48.0 Å². The third kappa shape index (κ3) is 5.33. The number of carbonyl (C=O) groups is 1. The number of benzene rings is 2. The second kappa shape index (κ2) is 10.1. The van der Waals surface area contributed by atoms with Crippen LogP contribution in [0.15, 0.2) is 47.4 Å². The van der Waals surface area contributed by atoms with Gasteiger partial charge < -0.3 is 15.0 Å². The molecule has 0 aliphatic carbocycles. The van der Waals surface area contributed by atoms with Gasteiger partial charge in [0.2, 0.25) is 10.0 Å². The molecule has 2 aliphatic rings. The summed E-state index contributed by atoms with van der Waals surface area (Å²) in [6, 6.07) is 13.0.